The van der Waals surface area contributed by atoms with Gasteiger partial charge in [0, 0.05) is 19.1 Å². The van der Waals surface area contributed by atoms with Gasteiger partial charge in [-0.25, -0.2) is 4.98 Å². The zero-order valence-corrected chi connectivity index (χ0v) is 13.7. The van der Waals surface area contributed by atoms with Gasteiger partial charge in [0.2, 0.25) is 5.95 Å². The Hall–Kier alpha value is -1.23. The number of aryl methyl sites for hydroxylation is 2. The van der Waals surface area contributed by atoms with Crippen molar-refractivity contribution in [1.29, 1.82) is 0 Å². The van der Waals surface area contributed by atoms with Crippen LogP contribution >= 0.6 is 0 Å². The maximum atomic E-state index is 4.77. The van der Waals surface area contributed by atoms with E-state index in [1.807, 2.05) is 0 Å². The van der Waals surface area contributed by atoms with Gasteiger partial charge in [0.1, 0.15) is 0 Å². The van der Waals surface area contributed by atoms with Gasteiger partial charge in [0.05, 0.1) is 11.4 Å². The van der Waals surface area contributed by atoms with E-state index in [9.17, 15) is 0 Å². The van der Waals surface area contributed by atoms with Crippen molar-refractivity contribution >= 4 is 5.95 Å². The number of hydrogen-bond donors (Lipinski definition) is 1. The van der Waals surface area contributed by atoms with Crippen molar-refractivity contribution in [3.05, 3.63) is 11.4 Å². The predicted molar refractivity (Wildman–Crippen MR) is 86.7 cm³/mol. The summed E-state index contributed by atoms with van der Waals surface area (Å²) in [6.45, 7) is 9.58. The van der Waals surface area contributed by atoms with Crippen LogP contribution in [0.4, 0.5) is 5.95 Å². The summed E-state index contributed by atoms with van der Waals surface area (Å²) in [4.78, 5) is 7.07. The van der Waals surface area contributed by atoms with Gasteiger partial charge in [-0.05, 0) is 38.6 Å². The lowest BCUT2D eigenvalue weighted by molar-refractivity contribution is 0.397. The molecule has 1 saturated heterocycles. The maximum Gasteiger partial charge on any atom is 0.245 e. The Morgan fingerprint density at radius 3 is 2.52 bits per heavy atom. The smallest absolute Gasteiger partial charge is 0.245 e. The summed E-state index contributed by atoms with van der Waals surface area (Å²) in [5.74, 6) is 0.804. The molecule has 0 saturated carbocycles. The highest BCUT2D eigenvalue weighted by atomic mass is 15.3. The van der Waals surface area contributed by atoms with Crippen molar-refractivity contribution < 1.29 is 0 Å². The molecule has 0 aliphatic carbocycles. The molecule has 1 aliphatic heterocycles. The van der Waals surface area contributed by atoms with Gasteiger partial charge in [-0.1, -0.05) is 27.2 Å². The molecule has 0 radical (unpaired) electrons. The molecule has 1 N–H and O–H groups in total. The second kappa shape index (κ2) is 8.27. The highest BCUT2D eigenvalue weighted by molar-refractivity contribution is 5.31. The van der Waals surface area contributed by atoms with Crippen LogP contribution < -0.4 is 10.2 Å². The molecule has 21 heavy (non-hydrogen) atoms. The van der Waals surface area contributed by atoms with Crippen LogP contribution in [0.15, 0.2) is 0 Å². The third-order valence-corrected chi connectivity index (χ3v) is 4.13. The Morgan fingerprint density at radius 1 is 1.10 bits per heavy atom. The molecule has 1 aromatic heterocycles. The molecule has 0 aromatic carbocycles. The number of nitrogens with one attached hydrogen (secondary N) is 1. The summed E-state index contributed by atoms with van der Waals surface area (Å²) in [6, 6.07) is 0.560. The standard InChI is InChI=1S/C16H29N5/c1-4-11-21(12-13-9-7-8-10-17-13)16-18-14(5-2)15(6-3)19-20-16/h13,17H,4-12H2,1-3H3. The Morgan fingerprint density at radius 2 is 1.90 bits per heavy atom. The predicted octanol–water partition coefficient (Wildman–Crippen LogP) is 2.35. The fraction of sp³-hybridized carbons (Fsp3) is 0.812. The Balaban J connectivity index is 2.12. The van der Waals surface area contributed by atoms with E-state index in [0.29, 0.717) is 6.04 Å². The Labute approximate surface area is 128 Å². The zero-order chi connectivity index (χ0) is 15.1. The van der Waals surface area contributed by atoms with Crippen LogP contribution in [0.1, 0.15) is 57.8 Å². The topological polar surface area (TPSA) is 53.9 Å². The van der Waals surface area contributed by atoms with E-state index >= 15 is 0 Å². The molecule has 5 nitrogen and oxygen atoms in total. The van der Waals surface area contributed by atoms with Crippen LogP contribution in [0.25, 0.3) is 0 Å². The third kappa shape index (κ3) is 4.37. The zero-order valence-electron chi connectivity index (χ0n) is 13.7. The summed E-state index contributed by atoms with van der Waals surface area (Å²) in [5.41, 5.74) is 2.13. The summed E-state index contributed by atoms with van der Waals surface area (Å²) in [6.07, 6.45) is 6.81. The van der Waals surface area contributed by atoms with Gasteiger partial charge in [-0.15, -0.1) is 5.10 Å². The number of nitrogens with zero attached hydrogens (tertiary/aromatic N) is 4. The number of rotatable bonds is 7. The molecule has 118 valence electrons. The SMILES string of the molecule is CCCN(CC1CCCCN1)c1nnc(CC)c(CC)n1. The summed E-state index contributed by atoms with van der Waals surface area (Å²) >= 11 is 0. The van der Waals surface area contributed by atoms with Gasteiger partial charge in [0.15, 0.2) is 0 Å². The molecule has 5 heteroatoms. The van der Waals surface area contributed by atoms with Crippen LogP contribution in [-0.4, -0.2) is 40.9 Å². The lowest BCUT2D eigenvalue weighted by atomic mass is 10.0. The van der Waals surface area contributed by atoms with Crippen LogP contribution in [-0.2, 0) is 12.8 Å². The van der Waals surface area contributed by atoms with E-state index in [4.69, 9.17) is 4.98 Å². The van der Waals surface area contributed by atoms with Crippen molar-refractivity contribution in [3.8, 4) is 0 Å². The van der Waals surface area contributed by atoms with Crippen molar-refractivity contribution in [2.24, 2.45) is 0 Å². The summed E-state index contributed by atoms with van der Waals surface area (Å²) in [7, 11) is 0. The average Bonchev–Trinajstić information content (AvgIpc) is 2.54. The lowest BCUT2D eigenvalue weighted by Crippen LogP contribution is -2.44. The fourth-order valence-corrected chi connectivity index (χ4v) is 2.95. The highest BCUT2D eigenvalue weighted by Gasteiger charge is 2.19. The largest absolute Gasteiger partial charge is 0.338 e. The van der Waals surface area contributed by atoms with Gasteiger partial charge < -0.3 is 10.2 Å². The molecule has 0 bridgehead atoms. The van der Waals surface area contributed by atoms with E-state index in [0.717, 1.165) is 56.2 Å². The first-order chi connectivity index (χ1) is 10.3. The van der Waals surface area contributed by atoms with E-state index in [2.05, 4.69) is 41.2 Å². The van der Waals surface area contributed by atoms with Gasteiger partial charge in [-0.3, -0.25) is 0 Å². The number of anilines is 1. The molecular formula is C16H29N5. The first kappa shape index (κ1) is 16.1. The molecule has 0 spiro atoms. The van der Waals surface area contributed by atoms with Gasteiger partial charge in [-0.2, -0.15) is 5.10 Å². The minimum atomic E-state index is 0.560. The highest BCUT2D eigenvalue weighted by Crippen LogP contribution is 2.15. The number of hydrogen-bond acceptors (Lipinski definition) is 5. The van der Waals surface area contributed by atoms with Crippen LogP contribution in [0, 0.1) is 0 Å². The van der Waals surface area contributed by atoms with E-state index in [-0.39, 0.29) is 0 Å². The number of piperidine rings is 1. The molecule has 1 unspecified atom stereocenters. The molecular weight excluding hydrogens is 262 g/mol. The van der Waals surface area contributed by atoms with Crippen molar-refractivity contribution in [3.63, 3.8) is 0 Å². The Bertz CT molecular complexity index is 429. The van der Waals surface area contributed by atoms with Crippen molar-refractivity contribution in [2.75, 3.05) is 24.5 Å². The van der Waals surface area contributed by atoms with E-state index in [1.54, 1.807) is 0 Å². The first-order valence-corrected chi connectivity index (χ1v) is 8.49. The minimum Gasteiger partial charge on any atom is -0.338 e. The minimum absolute atomic E-state index is 0.560. The third-order valence-electron chi connectivity index (χ3n) is 4.13. The van der Waals surface area contributed by atoms with Gasteiger partial charge in [0.25, 0.3) is 0 Å². The summed E-state index contributed by atoms with van der Waals surface area (Å²) in [5, 5.41) is 12.4. The molecule has 1 fully saturated rings. The quantitative estimate of drug-likeness (QED) is 0.836. The molecule has 1 atom stereocenters. The monoisotopic (exact) mass is 291 g/mol. The molecule has 1 aromatic rings. The Kier molecular flexibility index (Phi) is 6.36. The van der Waals surface area contributed by atoms with Crippen molar-refractivity contribution in [2.45, 2.75) is 65.3 Å². The number of aromatic nitrogens is 3. The second-order valence-corrected chi connectivity index (χ2v) is 5.81. The molecule has 1 aliphatic rings. The maximum absolute atomic E-state index is 4.77. The summed E-state index contributed by atoms with van der Waals surface area (Å²) < 4.78 is 0. The normalized spacial score (nSPS) is 18.7. The van der Waals surface area contributed by atoms with E-state index < -0.39 is 0 Å². The van der Waals surface area contributed by atoms with Gasteiger partial charge >= 0.3 is 0 Å². The second-order valence-electron chi connectivity index (χ2n) is 5.81. The van der Waals surface area contributed by atoms with E-state index in [1.165, 1.54) is 19.3 Å². The van der Waals surface area contributed by atoms with Crippen LogP contribution in [0.5, 0.6) is 0 Å². The van der Waals surface area contributed by atoms with Crippen molar-refractivity contribution in [1.82, 2.24) is 20.5 Å². The van der Waals surface area contributed by atoms with Crippen LogP contribution in [0.2, 0.25) is 0 Å². The molecule has 2 heterocycles. The lowest BCUT2D eigenvalue weighted by Gasteiger charge is -2.30. The molecule has 2 rings (SSSR count). The first-order valence-electron chi connectivity index (χ1n) is 8.49. The average molecular weight is 291 g/mol. The fourth-order valence-electron chi connectivity index (χ4n) is 2.95. The van der Waals surface area contributed by atoms with Crippen LogP contribution in [0.3, 0.4) is 0 Å². The molecule has 0 amide bonds.